The van der Waals surface area contributed by atoms with Gasteiger partial charge in [0.25, 0.3) is 5.91 Å². The number of halogens is 3. The molecular formula is C21H23F3N2O6. The normalized spacial score (nSPS) is 11.2. The standard InChI is InChI=1S/C21H23F3N2O6/c1-11-18(13(3)27)12(2)25-19(11)20(29)32-10-17(28)26-15-9-14(21(22,23)24)5-6-16(15)31-8-7-30-4/h5-6,9,25H,7-8,10H2,1-4H3,(H,26,28). The topological polar surface area (TPSA) is 107 Å². The summed E-state index contributed by atoms with van der Waals surface area (Å²) in [4.78, 5) is 39.0. The first-order valence-electron chi connectivity index (χ1n) is 9.45. The first-order chi connectivity index (χ1) is 15.0. The third kappa shape index (κ3) is 6.10. The Kier molecular flexibility index (Phi) is 8.03. The maximum absolute atomic E-state index is 13.0. The maximum atomic E-state index is 13.0. The lowest BCUT2D eigenvalue weighted by Crippen LogP contribution is -2.22. The molecule has 0 spiro atoms. The van der Waals surface area contributed by atoms with Crippen molar-refractivity contribution in [1.82, 2.24) is 4.98 Å². The van der Waals surface area contributed by atoms with Crippen molar-refractivity contribution in [1.29, 1.82) is 0 Å². The number of anilines is 1. The SMILES string of the molecule is COCCOc1ccc(C(F)(F)F)cc1NC(=O)COC(=O)c1[nH]c(C)c(C(C)=O)c1C. The molecule has 2 rings (SSSR count). The van der Waals surface area contributed by atoms with Crippen molar-refractivity contribution in [2.24, 2.45) is 0 Å². The summed E-state index contributed by atoms with van der Waals surface area (Å²) >= 11 is 0. The van der Waals surface area contributed by atoms with Crippen molar-refractivity contribution < 1.29 is 41.8 Å². The summed E-state index contributed by atoms with van der Waals surface area (Å²) in [5, 5.41) is 2.26. The van der Waals surface area contributed by atoms with Gasteiger partial charge < -0.3 is 24.5 Å². The van der Waals surface area contributed by atoms with Crippen LogP contribution in [-0.2, 0) is 20.4 Å². The van der Waals surface area contributed by atoms with E-state index < -0.39 is 30.2 Å². The number of hydrogen-bond donors (Lipinski definition) is 2. The summed E-state index contributed by atoms with van der Waals surface area (Å²) in [6.45, 7) is 3.99. The third-order valence-corrected chi connectivity index (χ3v) is 4.45. The van der Waals surface area contributed by atoms with Gasteiger partial charge in [-0.15, -0.1) is 0 Å². The Bertz CT molecular complexity index is 1010. The molecule has 0 saturated heterocycles. The largest absolute Gasteiger partial charge is 0.489 e. The zero-order valence-corrected chi connectivity index (χ0v) is 17.9. The van der Waals surface area contributed by atoms with E-state index in [1.807, 2.05) is 0 Å². The van der Waals surface area contributed by atoms with E-state index in [0.717, 1.165) is 18.2 Å². The first-order valence-corrected chi connectivity index (χ1v) is 9.45. The van der Waals surface area contributed by atoms with Crippen LogP contribution in [0.1, 0.15) is 44.6 Å². The molecule has 0 bridgehead atoms. The molecule has 32 heavy (non-hydrogen) atoms. The fourth-order valence-electron chi connectivity index (χ4n) is 3.04. The molecule has 0 unspecified atom stereocenters. The van der Waals surface area contributed by atoms with Crippen LogP contribution in [0.15, 0.2) is 18.2 Å². The number of ether oxygens (including phenoxy) is 3. The van der Waals surface area contributed by atoms with Gasteiger partial charge in [0.05, 0.1) is 17.9 Å². The minimum atomic E-state index is -4.63. The van der Waals surface area contributed by atoms with Gasteiger partial charge in [-0.25, -0.2) is 4.79 Å². The second kappa shape index (κ2) is 10.3. The van der Waals surface area contributed by atoms with Crippen LogP contribution in [0.5, 0.6) is 5.75 Å². The number of H-pyrrole nitrogens is 1. The number of hydrogen-bond acceptors (Lipinski definition) is 6. The molecule has 1 aromatic carbocycles. The summed E-state index contributed by atoms with van der Waals surface area (Å²) in [5.41, 5.74) is 0.00702. The number of rotatable bonds is 9. The van der Waals surface area contributed by atoms with Crippen LogP contribution < -0.4 is 10.1 Å². The van der Waals surface area contributed by atoms with E-state index in [4.69, 9.17) is 14.2 Å². The summed E-state index contributed by atoms with van der Waals surface area (Å²) in [6.07, 6.45) is -4.63. The zero-order chi connectivity index (χ0) is 24.1. The number of aromatic nitrogens is 1. The maximum Gasteiger partial charge on any atom is 0.416 e. The predicted octanol–water partition coefficient (Wildman–Crippen LogP) is 3.67. The number of aryl methyl sites for hydroxylation is 1. The van der Waals surface area contributed by atoms with E-state index in [9.17, 15) is 27.6 Å². The highest BCUT2D eigenvalue weighted by molar-refractivity contribution is 6.02. The van der Waals surface area contributed by atoms with E-state index in [-0.39, 0.29) is 36.1 Å². The number of carbonyl (C=O) groups excluding carboxylic acids is 3. The van der Waals surface area contributed by atoms with E-state index in [2.05, 4.69) is 10.3 Å². The fraction of sp³-hybridized carbons (Fsp3) is 0.381. The number of esters is 1. The molecule has 1 amide bonds. The van der Waals surface area contributed by atoms with Crippen molar-refractivity contribution >= 4 is 23.3 Å². The number of ketones is 1. The Morgan fingerprint density at radius 3 is 2.38 bits per heavy atom. The summed E-state index contributed by atoms with van der Waals surface area (Å²) < 4.78 is 54.3. The number of amides is 1. The third-order valence-electron chi connectivity index (χ3n) is 4.45. The van der Waals surface area contributed by atoms with Crippen LogP contribution >= 0.6 is 0 Å². The lowest BCUT2D eigenvalue weighted by Gasteiger charge is -2.15. The summed E-state index contributed by atoms with van der Waals surface area (Å²) in [7, 11) is 1.43. The molecule has 0 aliphatic carbocycles. The highest BCUT2D eigenvalue weighted by atomic mass is 19.4. The molecule has 0 aliphatic rings. The Morgan fingerprint density at radius 2 is 1.81 bits per heavy atom. The van der Waals surface area contributed by atoms with Crippen LogP contribution in [-0.4, -0.2) is 49.6 Å². The number of aromatic amines is 1. The molecule has 8 nitrogen and oxygen atoms in total. The second-order valence-corrected chi connectivity index (χ2v) is 6.86. The van der Waals surface area contributed by atoms with Crippen LogP contribution in [0.4, 0.5) is 18.9 Å². The molecule has 1 aromatic heterocycles. The quantitative estimate of drug-likeness (QED) is 0.339. The van der Waals surface area contributed by atoms with Crippen molar-refractivity contribution in [2.75, 3.05) is 32.2 Å². The van der Waals surface area contributed by atoms with E-state index in [1.54, 1.807) is 13.8 Å². The molecule has 174 valence electrons. The lowest BCUT2D eigenvalue weighted by atomic mass is 10.1. The van der Waals surface area contributed by atoms with Crippen molar-refractivity contribution in [2.45, 2.75) is 26.9 Å². The molecule has 0 saturated carbocycles. The van der Waals surface area contributed by atoms with Gasteiger partial charge in [0, 0.05) is 18.4 Å². The molecule has 2 N–H and O–H groups in total. The van der Waals surface area contributed by atoms with Crippen LogP contribution in [0, 0.1) is 13.8 Å². The molecular weight excluding hydrogens is 433 g/mol. The number of methoxy groups -OCH3 is 1. The van der Waals surface area contributed by atoms with Gasteiger partial charge in [-0.1, -0.05) is 0 Å². The average Bonchev–Trinajstić information content (AvgIpc) is 3.00. The lowest BCUT2D eigenvalue weighted by molar-refractivity contribution is -0.137. The smallest absolute Gasteiger partial charge is 0.416 e. The average molecular weight is 456 g/mol. The van der Waals surface area contributed by atoms with Gasteiger partial charge in [-0.3, -0.25) is 9.59 Å². The highest BCUT2D eigenvalue weighted by Crippen LogP contribution is 2.35. The number of Topliss-reactive ketones (excluding diaryl/α,β-unsaturated/α-hetero) is 1. The van der Waals surface area contributed by atoms with E-state index in [0.29, 0.717) is 16.8 Å². The minimum Gasteiger partial charge on any atom is -0.489 e. The van der Waals surface area contributed by atoms with Crippen molar-refractivity contribution in [3.63, 3.8) is 0 Å². The van der Waals surface area contributed by atoms with Crippen LogP contribution in [0.2, 0.25) is 0 Å². The Hall–Kier alpha value is -3.34. The van der Waals surface area contributed by atoms with Gasteiger partial charge >= 0.3 is 12.1 Å². The number of nitrogens with one attached hydrogen (secondary N) is 2. The Labute approximate surface area is 182 Å². The van der Waals surface area contributed by atoms with E-state index in [1.165, 1.54) is 14.0 Å². The van der Waals surface area contributed by atoms with Gasteiger partial charge in [-0.2, -0.15) is 13.2 Å². The predicted molar refractivity (Wildman–Crippen MR) is 108 cm³/mol. The Morgan fingerprint density at radius 1 is 1.12 bits per heavy atom. The van der Waals surface area contributed by atoms with Crippen LogP contribution in [0.3, 0.4) is 0 Å². The number of alkyl halides is 3. The highest BCUT2D eigenvalue weighted by Gasteiger charge is 2.31. The molecule has 11 heteroatoms. The fourth-order valence-corrected chi connectivity index (χ4v) is 3.04. The van der Waals surface area contributed by atoms with Gasteiger partial charge in [0.15, 0.2) is 12.4 Å². The van der Waals surface area contributed by atoms with Gasteiger partial charge in [0.2, 0.25) is 0 Å². The first kappa shape index (κ1) is 24.9. The zero-order valence-electron chi connectivity index (χ0n) is 17.9. The molecule has 1 heterocycles. The van der Waals surface area contributed by atoms with Crippen LogP contribution in [0.25, 0.3) is 0 Å². The van der Waals surface area contributed by atoms with Crippen molar-refractivity contribution in [3.8, 4) is 5.75 Å². The molecule has 0 atom stereocenters. The second-order valence-electron chi connectivity index (χ2n) is 6.86. The summed E-state index contributed by atoms with van der Waals surface area (Å²) in [5.74, 6) is -1.99. The van der Waals surface area contributed by atoms with Gasteiger partial charge in [-0.05, 0) is 44.5 Å². The molecule has 0 radical (unpaired) electrons. The molecule has 0 aliphatic heterocycles. The number of benzene rings is 1. The molecule has 2 aromatic rings. The van der Waals surface area contributed by atoms with E-state index >= 15 is 0 Å². The Balaban J connectivity index is 2.12. The summed E-state index contributed by atoms with van der Waals surface area (Å²) in [6, 6.07) is 2.62. The van der Waals surface area contributed by atoms with Gasteiger partial charge in [0.1, 0.15) is 18.1 Å². The monoisotopic (exact) mass is 456 g/mol. The van der Waals surface area contributed by atoms with Crippen molar-refractivity contribution in [3.05, 3.63) is 46.3 Å². The minimum absolute atomic E-state index is 0.00309. The number of carbonyl (C=O) groups is 3. The molecule has 0 fully saturated rings.